The number of carbonyl (C=O) groups is 2. The van der Waals surface area contributed by atoms with Crippen LogP contribution in [-0.4, -0.2) is 40.8 Å². The highest BCUT2D eigenvalue weighted by Crippen LogP contribution is 2.24. The fraction of sp³-hybridized carbons (Fsp3) is 0.279. The fourth-order valence-corrected chi connectivity index (χ4v) is 4.72. The third kappa shape index (κ3) is 12.5. The van der Waals surface area contributed by atoms with E-state index in [4.69, 9.17) is 5.73 Å². The van der Waals surface area contributed by atoms with Crippen LogP contribution in [0.4, 0.5) is 11.5 Å². The molecular weight excluding hydrogens is 677 g/mol. The number of nitrogens with one attached hydrogen (secondary N) is 1. The molecule has 11 heteroatoms. The van der Waals surface area contributed by atoms with Crippen LogP contribution in [-0.2, 0) is 4.79 Å². The summed E-state index contributed by atoms with van der Waals surface area (Å²) in [6, 6.07) is 23.3. The average Bonchev–Trinajstić information content (AvgIpc) is 3.48. The van der Waals surface area contributed by atoms with Gasteiger partial charge < -0.3 is 11.1 Å². The second-order valence-electron chi connectivity index (χ2n) is 12.0. The lowest BCUT2D eigenvalue weighted by Crippen LogP contribution is -2.22. The minimum absolute atomic E-state index is 0.127. The zero-order valence-corrected chi connectivity index (χ0v) is 33.2. The van der Waals surface area contributed by atoms with Crippen molar-refractivity contribution in [2.24, 2.45) is 5.92 Å². The van der Waals surface area contributed by atoms with Gasteiger partial charge >= 0.3 is 5.69 Å². The summed E-state index contributed by atoms with van der Waals surface area (Å²) < 4.78 is 2.96. The lowest BCUT2D eigenvalue weighted by atomic mass is 10.1. The molecule has 3 aromatic heterocycles. The van der Waals surface area contributed by atoms with Gasteiger partial charge in [0.25, 0.3) is 5.91 Å². The highest BCUT2D eigenvalue weighted by molar-refractivity contribution is 6.04. The van der Waals surface area contributed by atoms with Gasteiger partial charge in [0.1, 0.15) is 11.8 Å². The topological polar surface area (TPSA) is 151 Å². The van der Waals surface area contributed by atoms with E-state index in [1.165, 1.54) is 15.5 Å². The van der Waals surface area contributed by atoms with Crippen molar-refractivity contribution in [1.29, 1.82) is 0 Å². The van der Waals surface area contributed by atoms with E-state index >= 15 is 0 Å². The maximum Gasteiger partial charge on any atom is 0.339 e. The van der Waals surface area contributed by atoms with Crippen molar-refractivity contribution in [3.05, 3.63) is 131 Å². The maximum absolute atomic E-state index is 13.7. The van der Waals surface area contributed by atoms with Gasteiger partial charge in [0.15, 0.2) is 23.1 Å². The highest BCUT2D eigenvalue weighted by atomic mass is 16.2. The Morgan fingerprint density at radius 2 is 1.44 bits per heavy atom. The molecule has 0 radical (unpaired) electrons. The van der Waals surface area contributed by atoms with E-state index in [0.29, 0.717) is 39.6 Å². The summed E-state index contributed by atoms with van der Waals surface area (Å²) in [5.41, 5.74) is 10.6. The summed E-state index contributed by atoms with van der Waals surface area (Å²) in [6.07, 6.45) is 9.04. The Balaban J connectivity index is 0.000000579. The van der Waals surface area contributed by atoms with Crippen LogP contribution in [0, 0.1) is 12.8 Å². The molecule has 0 spiro atoms. The van der Waals surface area contributed by atoms with E-state index in [-0.39, 0.29) is 23.2 Å². The van der Waals surface area contributed by atoms with Crippen LogP contribution < -0.4 is 16.7 Å². The molecule has 54 heavy (non-hydrogen) atoms. The number of allylic oxidation sites excluding steroid dienone is 2. The number of nitrogens with zero attached hydrogens (tertiary/aromatic N) is 6. The van der Waals surface area contributed by atoms with Crippen molar-refractivity contribution in [2.45, 2.75) is 75.7 Å². The van der Waals surface area contributed by atoms with Crippen molar-refractivity contribution in [1.82, 2.24) is 29.1 Å². The van der Waals surface area contributed by atoms with E-state index in [2.05, 4.69) is 46.0 Å². The fourth-order valence-electron chi connectivity index (χ4n) is 4.72. The zero-order chi connectivity index (χ0) is 40.2. The van der Waals surface area contributed by atoms with E-state index in [1.54, 1.807) is 61.8 Å². The molecule has 3 N–H and O–H groups in total. The third-order valence-corrected chi connectivity index (χ3v) is 6.83. The smallest absolute Gasteiger partial charge is 0.339 e. The molecule has 3 aromatic carbocycles. The Labute approximate surface area is 319 Å². The Kier molecular flexibility index (Phi) is 18.4. The van der Waals surface area contributed by atoms with Gasteiger partial charge in [-0.2, -0.15) is 0 Å². The first-order valence-corrected chi connectivity index (χ1v) is 18.3. The van der Waals surface area contributed by atoms with Gasteiger partial charge in [-0.25, -0.2) is 29.3 Å². The standard InChI is InChI=1S/C29H22N8O2.C6H10O.C4H10.2C2H6/c1-18-5-2-8-23(15-18)37-27-24(25(30)33-17-34-27)36(29(37)39)22-11-9-19(10-12-22)28(38)35-21-7-3-6-20(16-21)26-31-13-4-14-32-26;1-3-4-5-6(2)7;1-4(2)3;2*1-2/h2-17H,1H3,(H,35,38)(H2,30,33,34);4-5H,3H2,1-2H3;4H,1-3H3;2*1-2H3/b;5-4+;;;. The molecular formula is C43H54N8O3. The van der Waals surface area contributed by atoms with Crippen LogP contribution in [0.25, 0.3) is 33.9 Å². The van der Waals surface area contributed by atoms with Crippen LogP contribution >= 0.6 is 0 Å². The number of nitrogen functional groups attached to an aromatic ring is 1. The van der Waals surface area contributed by atoms with Gasteiger partial charge in [0, 0.05) is 29.2 Å². The van der Waals surface area contributed by atoms with Crippen molar-refractivity contribution < 1.29 is 9.59 Å². The number of aromatic nitrogens is 6. The molecule has 0 fully saturated rings. The quantitative estimate of drug-likeness (QED) is 0.154. The van der Waals surface area contributed by atoms with E-state index < -0.39 is 0 Å². The summed E-state index contributed by atoms with van der Waals surface area (Å²) in [7, 11) is 0. The summed E-state index contributed by atoms with van der Waals surface area (Å²) >= 11 is 0. The lowest BCUT2D eigenvalue weighted by Gasteiger charge is -2.09. The Morgan fingerprint density at radius 1 is 0.815 bits per heavy atom. The van der Waals surface area contributed by atoms with E-state index in [1.807, 2.05) is 90.1 Å². The number of fused-ring (bicyclic) bond motifs is 1. The first-order valence-electron chi connectivity index (χ1n) is 18.3. The van der Waals surface area contributed by atoms with Crippen LogP contribution in [0.15, 0.2) is 115 Å². The van der Waals surface area contributed by atoms with Crippen molar-refractivity contribution in [2.75, 3.05) is 11.1 Å². The Hall–Kier alpha value is -6.23. The molecule has 6 aromatic rings. The largest absolute Gasteiger partial charge is 0.382 e. The number of hydrogen-bond acceptors (Lipinski definition) is 8. The number of rotatable bonds is 7. The molecule has 0 saturated heterocycles. The molecule has 6 rings (SSSR count). The van der Waals surface area contributed by atoms with Crippen molar-refractivity contribution >= 4 is 34.4 Å². The second-order valence-corrected chi connectivity index (χ2v) is 12.0. The number of ketones is 1. The van der Waals surface area contributed by atoms with Crippen molar-refractivity contribution in [3.8, 4) is 22.8 Å². The molecule has 0 unspecified atom stereocenters. The number of anilines is 2. The van der Waals surface area contributed by atoms with Gasteiger partial charge in [0.2, 0.25) is 0 Å². The molecule has 0 aliphatic carbocycles. The molecule has 0 saturated carbocycles. The van der Waals surface area contributed by atoms with E-state index in [9.17, 15) is 14.4 Å². The number of hydrogen-bond donors (Lipinski definition) is 2. The van der Waals surface area contributed by atoms with Gasteiger partial charge in [-0.05, 0) is 92.4 Å². The predicted molar refractivity (Wildman–Crippen MR) is 222 cm³/mol. The lowest BCUT2D eigenvalue weighted by molar-refractivity contribution is -0.112. The molecule has 0 aliphatic heterocycles. The number of amides is 1. The molecule has 3 heterocycles. The normalized spacial score (nSPS) is 10.1. The van der Waals surface area contributed by atoms with Gasteiger partial charge in [-0.1, -0.05) is 85.7 Å². The Morgan fingerprint density at radius 3 is 2.02 bits per heavy atom. The van der Waals surface area contributed by atoms with Crippen LogP contribution in [0.5, 0.6) is 0 Å². The summed E-state index contributed by atoms with van der Waals surface area (Å²) in [5.74, 6) is 1.40. The molecule has 11 nitrogen and oxygen atoms in total. The Bertz CT molecular complexity index is 2150. The van der Waals surface area contributed by atoms with Gasteiger partial charge in [-0.3, -0.25) is 14.2 Å². The second kappa shape index (κ2) is 22.7. The van der Waals surface area contributed by atoms with Crippen LogP contribution in [0.2, 0.25) is 0 Å². The molecule has 284 valence electrons. The molecule has 0 bridgehead atoms. The zero-order valence-electron chi connectivity index (χ0n) is 33.2. The summed E-state index contributed by atoms with van der Waals surface area (Å²) in [5, 5.41) is 2.90. The minimum atomic E-state index is -0.347. The summed E-state index contributed by atoms with van der Waals surface area (Å²) in [6.45, 7) is 20.0. The molecule has 0 atom stereocenters. The number of aryl methyl sites for hydroxylation is 1. The minimum Gasteiger partial charge on any atom is -0.382 e. The molecule has 1 amide bonds. The van der Waals surface area contributed by atoms with Gasteiger partial charge in [0.05, 0.1) is 11.4 Å². The predicted octanol–water partition coefficient (Wildman–Crippen LogP) is 9.43. The summed E-state index contributed by atoms with van der Waals surface area (Å²) in [4.78, 5) is 53.8. The number of nitrogens with two attached hydrogens (primary N) is 1. The van der Waals surface area contributed by atoms with Crippen LogP contribution in [0.3, 0.4) is 0 Å². The average molecular weight is 731 g/mol. The number of benzene rings is 3. The maximum atomic E-state index is 13.7. The van der Waals surface area contributed by atoms with Crippen molar-refractivity contribution in [3.63, 3.8) is 0 Å². The molecule has 0 aliphatic rings. The highest BCUT2D eigenvalue weighted by Gasteiger charge is 2.20. The van der Waals surface area contributed by atoms with Gasteiger partial charge in [-0.15, -0.1) is 0 Å². The van der Waals surface area contributed by atoms with Crippen LogP contribution in [0.1, 0.15) is 84.7 Å². The van der Waals surface area contributed by atoms with E-state index in [0.717, 1.165) is 23.5 Å². The SMILES string of the molecule is CC.CC.CC(C)C.CC/C=C/C(C)=O.Cc1cccc(-n2c(=O)n(-c3ccc(C(=O)Nc4cccc(-c5ncccn5)c4)cc3)c3c(N)ncnc32)c1. The first-order chi connectivity index (χ1) is 26.0. The monoisotopic (exact) mass is 730 g/mol. The number of imidazole rings is 1. The number of carbonyl (C=O) groups excluding carboxylic acids is 2. The third-order valence-electron chi connectivity index (χ3n) is 6.83. The first kappa shape index (κ1) is 43.9.